The molecule has 0 saturated carbocycles. The summed E-state index contributed by atoms with van der Waals surface area (Å²) in [5, 5.41) is 1.02. The molecule has 27 heavy (non-hydrogen) atoms. The maximum absolute atomic E-state index is 6.27. The summed E-state index contributed by atoms with van der Waals surface area (Å²) >= 11 is 0. The van der Waals surface area contributed by atoms with E-state index in [0.29, 0.717) is 5.92 Å². The molecular formula is C23H23N3O. The third-order valence-corrected chi connectivity index (χ3v) is 5.73. The van der Waals surface area contributed by atoms with Crippen molar-refractivity contribution in [1.82, 2.24) is 9.97 Å². The van der Waals surface area contributed by atoms with Crippen LogP contribution in [0, 0.1) is 5.92 Å². The second-order valence-electron chi connectivity index (χ2n) is 7.37. The summed E-state index contributed by atoms with van der Waals surface area (Å²) in [5.41, 5.74) is 12.5. The maximum atomic E-state index is 6.27. The lowest BCUT2D eigenvalue weighted by molar-refractivity contribution is 0.0613. The van der Waals surface area contributed by atoms with E-state index < -0.39 is 0 Å². The Bertz CT molecular complexity index is 1080. The molecule has 3 N–H and O–H groups in total. The summed E-state index contributed by atoms with van der Waals surface area (Å²) in [5.74, 6) is 0.808. The number of anilines is 1. The topological polar surface area (TPSA) is 63.9 Å². The van der Waals surface area contributed by atoms with Crippen LogP contribution in [0.1, 0.15) is 30.0 Å². The van der Waals surface area contributed by atoms with Gasteiger partial charge in [-0.2, -0.15) is 0 Å². The lowest BCUT2D eigenvalue weighted by Gasteiger charge is -2.30. The number of hydrogen-bond acceptors (Lipinski definition) is 3. The number of benzene rings is 2. The van der Waals surface area contributed by atoms with Crippen molar-refractivity contribution in [2.75, 3.05) is 18.9 Å². The summed E-state index contributed by atoms with van der Waals surface area (Å²) in [6.07, 6.45) is 2.13. The monoisotopic (exact) mass is 357 g/mol. The van der Waals surface area contributed by atoms with Crippen LogP contribution in [0.2, 0.25) is 0 Å². The van der Waals surface area contributed by atoms with E-state index in [0.717, 1.165) is 59.4 Å². The van der Waals surface area contributed by atoms with Crippen molar-refractivity contribution in [3.05, 3.63) is 71.9 Å². The molecule has 1 saturated heterocycles. The Hall–Kier alpha value is -2.85. The van der Waals surface area contributed by atoms with E-state index in [-0.39, 0.29) is 5.92 Å². The molecule has 1 fully saturated rings. The normalized spacial score (nSPS) is 16.7. The second-order valence-corrected chi connectivity index (χ2v) is 7.37. The molecule has 1 aliphatic rings. The third kappa shape index (κ3) is 2.86. The van der Waals surface area contributed by atoms with E-state index in [4.69, 9.17) is 15.5 Å². The van der Waals surface area contributed by atoms with Gasteiger partial charge < -0.3 is 15.5 Å². The number of nitrogens with one attached hydrogen (secondary N) is 1. The van der Waals surface area contributed by atoms with Gasteiger partial charge in [0.15, 0.2) is 0 Å². The number of hydrogen-bond donors (Lipinski definition) is 2. The van der Waals surface area contributed by atoms with Gasteiger partial charge in [0, 0.05) is 35.9 Å². The number of rotatable bonds is 3. The van der Waals surface area contributed by atoms with Gasteiger partial charge in [-0.25, -0.2) is 4.98 Å². The van der Waals surface area contributed by atoms with E-state index >= 15 is 0 Å². The number of aromatic amines is 1. The van der Waals surface area contributed by atoms with E-state index in [1.54, 1.807) is 0 Å². The molecule has 0 aliphatic carbocycles. The number of H-pyrrole nitrogens is 1. The molecule has 2 aromatic carbocycles. The summed E-state index contributed by atoms with van der Waals surface area (Å²) in [6.45, 7) is 1.66. The molecule has 4 heteroatoms. The SMILES string of the molecule is Nc1cccc2[nH]c3ccc([C@H](c4ccccc4)C4CCOCC4)nc3c12. The molecule has 4 nitrogen and oxygen atoms in total. The first kappa shape index (κ1) is 16.3. The van der Waals surface area contributed by atoms with Crippen LogP contribution in [-0.4, -0.2) is 23.2 Å². The first-order chi connectivity index (χ1) is 13.3. The summed E-state index contributed by atoms with van der Waals surface area (Å²) in [6, 6.07) is 21.0. The average Bonchev–Trinajstić information content (AvgIpc) is 3.09. The zero-order chi connectivity index (χ0) is 18.2. The number of nitrogens with zero attached hydrogens (tertiary/aromatic N) is 1. The molecule has 1 atom stereocenters. The van der Waals surface area contributed by atoms with Crippen LogP contribution in [0.4, 0.5) is 5.69 Å². The van der Waals surface area contributed by atoms with Gasteiger partial charge >= 0.3 is 0 Å². The number of nitrogen functional groups attached to an aromatic ring is 1. The fraction of sp³-hybridized carbons (Fsp3) is 0.261. The highest BCUT2D eigenvalue weighted by Crippen LogP contribution is 2.38. The minimum absolute atomic E-state index is 0.273. The highest BCUT2D eigenvalue weighted by Gasteiger charge is 2.28. The smallest absolute Gasteiger partial charge is 0.0981 e. The third-order valence-electron chi connectivity index (χ3n) is 5.73. The highest BCUT2D eigenvalue weighted by molar-refractivity contribution is 6.10. The molecule has 2 aromatic heterocycles. The van der Waals surface area contributed by atoms with Crippen molar-refractivity contribution in [2.24, 2.45) is 5.92 Å². The Morgan fingerprint density at radius 1 is 0.926 bits per heavy atom. The Morgan fingerprint density at radius 2 is 1.74 bits per heavy atom. The Kier molecular flexibility index (Phi) is 4.06. The number of nitrogens with two attached hydrogens (primary N) is 1. The minimum atomic E-state index is 0.273. The zero-order valence-electron chi connectivity index (χ0n) is 15.2. The predicted molar refractivity (Wildman–Crippen MR) is 110 cm³/mol. The fourth-order valence-electron chi connectivity index (χ4n) is 4.42. The van der Waals surface area contributed by atoms with Crippen LogP contribution < -0.4 is 5.73 Å². The highest BCUT2D eigenvalue weighted by atomic mass is 16.5. The van der Waals surface area contributed by atoms with Crippen LogP contribution in [0.5, 0.6) is 0 Å². The van der Waals surface area contributed by atoms with Crippen LogP contribution in [0.15, 0.2) is 60.7 Å². The lowest BCUT2D eigenvalue weighted by atomic mass is 9.79. The van der Waals surface area contributed by atoms with Gasteiger partial charge in [0.2, 0.25) is 0 Å². The van der Waals surface area contributed by atoms with Gasteiger partial charge in [0.1, 0.15) is 0 Å². The Labute approximate surface area is 158 Å². The first-order valence-electron chi connectivity index (χ1n) is 9.61. The molecule has 0 spiro atoms. The van der Waals surface area contributed by atoms with Gasteiger partial charge in [-0.1, -0.05) is 36.4 Å². The van der Waals surface area contributed by atoms with Crippen molar-refractivity contribution in [2.45, 2.75) is 18.8 Å². The van der Waals surface area contributed by atoms with Gasteiger partial charge in [-0.05, 0) is 48.6 Å². The second kappa shape index (κ2) is 6.71. The summed E-state index contributed by atoms with van der Waals surface area (Å²) in [7, 11) is 0. The molecule has 0 amide bonds. The van der Waals surface area contributed by atoms with Gasteiger partial charge in [0.25, 0.3) is 0 Å². The standard InChI is InChI=1S/C23H23N3O/c24-17-7-4-8-18-22(17)23-20(25-18)10-9-19(26-23)21(15-5-2-1-3-6-15)16-11-13-27-14-12-16/h1-10,16,21,25H,11-14,24H2/t21-/m1/s1. The van der Waals surface area contributed by atoms with Crippen LogP contribution in [0.3, 0.4) is 0 Å². The van der Waals surface area contributed by atoms with Gasteiger partial charge in [0.05, 0.1) is 16.6 Å². The van der Waals surface area contributed by atoms with Crippen molar-refractivity contribution < 1.29 is 4.74 Å². The van der Waals surface area contributed by atoms with Crippen LogP contribution >= 0.6 is 0 Å². The molecule has 4 aromatic rings. The Balaban J connectivity index is 1.68. The van der Waals surface area contributed by atoms with Gasteiger partial charge in [-0.15, -0.1) is 0 Å². The fourth-order valence-corrected chi connectivity index (χ4v) is 4.42. The number of pyridine rings is 1. The van der Waals surface area contributed by atoms with Crippen LogP contribution in [-0.2, 0) is 4.74 Å². The van der Waals surface area contributed by atoms with Crippen LogP contribution in [0.25, 0.3) is 21.9 Å². The lowest BCUT2D eigenvalue weighted by Crippen LogP contribution is -2.23. The number of ether oxygens (including phenoxy) is 1. The first-order valence-corrected chi connectivity index (χ1v) is 9.61. The summed E-state index contributed by atoms with van der Waals surface area (Å²) < 4.78 is 5.61. The number of aromatic nitrogens is 2. The predicted octanol–water partition coefficient (Wildman–Crippen LogP) is 4.86. The molecule has 0 unspecified atom stereocenters. The van der Waals surface area contributed by atoms with E-state index in [1.807, 2.05) is 12.1 Å². The molecule has 3 heterocycles. The van der Waals surface area contributed by atoms with E-state index in [9.17, 15) is 0 Å². The molecule has 0 bridgehead atoms. The van der Waals surface area contributed by atoms with E-state index in [1.165, 1.54) is 5.56 Å². The minimum Gasteiger partial charge on any atom is -0.398 e. The van der Waals surface area contributed by atoms with Crippen molar-refractivity contribution in [3.8, 4) is 0 Å². The zero-order valence-corrected chi connectivity index (χ0v) is 15.2. The van der Waals surface area contributed by atoms with Gasteiger partial charge in [-0.3, -0.25) is 0 Å². The quantitative estimate of drug-likeness (QED) is 0.515. The van der Waals surface area contributed by atoms with Crippen molar-refractivity contribution in [3.63, 3.8) is 0 Å². The molecule has 0 radical (unpaired) electrons. The number of fused-ring (bicyclic) bond motifs is 3. The average molecular weight is 357 g/mol. The summed E-state index contributed by atoms with van der Waals surface area (Å²) in [4.78, 5) is 8.57. The largest absolute Gasteiger partial charge is 0.398 e. The molecular weight excluding hydrogens is 334 g/mol. The maximum Gasteiger partial charge on any atom is 0.0981 e. The molecule has 136 valence electrons. The molecule has 1 aliphatic heterocycles. The van der Waals surface area contributed by atoms with E-state index in [2.05, 4.69) is 53.5 Å². The Morgan fingerprint density at radius 3 is 2.56 bits per heavy atom. The van der Waals surface area contributed by atoms with Crippen molar-refractivity contribution in [1.29, 1.82) is 0 Å². The molecule has 5 rings (SSSR count). The van der Waals surface area contributed by atoms with Crippen molar-refractivity contribution >= 4 is 27.6 Å².